The van der Waals surface area contributed by atoms with Crippen LogP contribution < -0.4 is 10.1 Å². The van der Waals surface area contributed by atoms with Gasteiger partial charge in [-0.3, -0.25) is 0 Å². The van der Waals surface area contributed by atoms with Crippen LogP contribution in [0.1, 0.15) is 11.1 Å². The van der Waals surface area contributed by atoms with Crippen molar-refractivity contribution >= 4 is 22.9 Å². The fourth-order valence-corrected chi connectivity index (χ4v) is 3.23. The number of benzene rings is 1. The highest BCUT2D eigenvalue weighted by atomic mass is 35.5. The molecule has 0 saturated carbocycles. The highest BCUT2D eigenvalue weighted by Gasteiger charge is 2.22. The van der Waals surface area contributed by atoms with Crippen LogP contribution in [0, 0.1) is 0 Å². The van der Waals surface area contributed by atoms with Crippen LogP contribution in [0.5, 0.6) is 5.75 Å². The number of rotatable bonds is 5. The van der Waals surface area contributed by atoms with Crippen molar-refractivity contribution in [1.29, 1.82) is 0 Å². The predicted molar refractivity (Wildman–Crippen MR) is 80.5 cm³/mol. The lowest BCUT2D eigenvalue weighted by Crippen LogP contribution is -2.31. The van der Waals surface area contributed by atoms with Crippen molar-refractivity contribution < 1.29 is 4.74 Å². The lowest BCUT2D eigenvalue weighted by molar-refractivity contribution is 0.228. The Labute approximate surface area is 122 Å². The van der Waals surface area contributed by atoms with E-state index in [-0.39, 0.29) is 6.10 Å². The molecule has 0 bridgehead atoms. The van der Waals surface area contributed by atoms with Gasteiger partial charge in [-0.15, -0.1) is 0 Å². The third-order valence-corrected chi connectivity index (χ3v) is 4.27. The second-order valence-electron chi connectivity index (χ2n) is 4.78. The summed E-state index contributed by atoms with van der Waals surface area (Å²) < 4.78 is 5.88. The molecule has 1 unspecified atom stereocenters. The standard InChI is InChI=1S/C15H16ClNOS/c16-13-1-2-15-12(7-13)8-14(18-15)9-17-5-3-11-4-6-19-10-11/h1-2,4,6-7,10,14,17H,3,5,8-9H2. The van der Waals surface area contributed by atoms with Crippen LogP contribution >= 0.6 is 22.9 Å². The Kier molecular flexibility index (Phi) is 4.06. The summed E-state index contributed by atoms with van der Waals surface area (Å²) in [6.45, 7) is 1.88. The van der Waals surface area contributed by atoms with Gasteiger partial charge in [-0.1, -0.05) is 11.6 Å². The molecular formula is C15H16ClNOS. The molecule has 1 aromatic heterocycles. The van der Waals surface area contributed by atoms with Crippen LogP contribution in [0.2, 0.25) is 5.02 Å². The van der Waals surface area contributed by atoms with E-state index < -0.39 is 0 Å². The molecule has 0 fully saturated rings. The molecule has 2 heterocycles. The maximum atomic E-state index is 5.98. The molecule has 1 aliphatic rings. The molecule has 0 spiro atoms. The van der Waals surface area contributed by atoms with E-state index in [1.165, 1.54) is 11.1 Å². The van der Waals surface area contributed by atoms with Gasteiger partial charge in [-0.25, -0.2) is 0 Å². The molecule has 2 aromatic rings. The molecule has 0 aliphatic carbocycles. The van der Waals surface area contributed by atoms with Crippen molar-refractivity contribution in [1.82, 2.24) is 5.32 Å². The number of ether oxygens (including phenoxy) is 1. The molecule has 0 amide bonds. The quantitative estimate of drug-likeness (QED) is 0.852. The van der Waals surface area contributed by atoms with Gasteiger partial charge in [0.1, 0.15) is 11.9 Å². The molecule has 1 atom stereocenters. The molecule has 1 aliphatic heterocycles. The molecule has 19 heavy (non-hydrogen) atoms. The van der Waals surface area contributed by atoms with Crippen molar-refractivity contribution in [3.05, 3.63) is 51.2 Å². The lowest BCUT2D eigenvalue weighted by Gasteiger charge is -2.11. The van der Waals surface area contributed by atoms with Crippen LogP contribution in [0.4, 0.5) is 0 Å². The molecule has 0 saturated heterocycles. The third-order valence-electron chi connectivity index (χ3n) is 3.31. The summed E-state index contributed by atoms with van der Waals surface area (Å²) in [5.41, 5.74) is 2.62. The zero-order valence-corrected chi connectivity index (χ0v) is 12.1. The Morgan fingerprint density at radius 3 is 3.16 bits per heavy atom. The summed E-state index contributed by atoms with van der Waals surface area (Å²) >= 11 is 7.74. The van der Waals surface area contributed by atoms with Crippen molar-refractivity contribution in [3.63, 3.8) is 0 Å². The van der Waals surface area contributed by atoms with E-state index in [9.17, 15) is 0 Å². The zero-order valence-electron chi connectivity index (χ0n) is 10.6. The number of nitrogens with one attached hydrogen (secondary N) is 1. The number of halogens is 1. The average molecular weight is 294 g/mol. The van der Waals surface area contributed by atoms with Gasteiger partial charge in [-0.2, -0.15) is 11.3 Å². The van der Waals surface area contributed by atoms with Gasteiger partial charge in [0.2, 0.25) is 0 Å². The minimum absolute atomic E-state index is 0.232. The molecule has 1 N–H and O–H groups in total. The van der Waals surface area contributed by atoms with E-state index in [1.807, 2.05) is 18.2 Å². The average Bonchev–Trinajstić information content (AvgIpc) is 3.02. The summed E-state index contributed by atoms with van der Waals surface area (Å²) in [7, 11) is 0. The Morgan fingerprint density at radius 2 is 2.32 bits per heavy atom. The first kappa shape index (κ1) is 13.0. The predicted octanol–water partition coefficient (Wildman–Crippen LogP) is 3.54. The second kappa shape index (κ2) is 5.95. The summed E-state index contributed by atoms with van der Waals surface area (Å²) in [6, 6.07) is 8.02. The number of thiophene rings is 1. The van der Waals surface area contributed by atoms with E-state index in [1.54, 1.807) is 11.3 Å². The van der Waals surface area contributed by atoms with Gasteiger partial charge in [-0.05, 0) is 59.1 Å². The first-order chi connectivity index (χ1) is 9.31. The van der Waals surface area contributed by atoms with Crippen molar-refractivity contribution in [2.24, 2.45) is 0 Å². The van der Waals surface area contributed by atoms with Gasteiger partial charge in [0.15, 0.2) is 0 Å². The van der Waals surface area contributed by atoms with Crippen molar-refractivity contribution in [3.8, 4) is 5.75 Å². The van der Waals surface area contributed by atoms with Gasteiger partial charge >= 0.3 is 0 Å². The van der Waals surface area contributed by atoms with E-state index in [0.717, 1.165) is 36.7 Å². The topological polar surface area (TPSA) is 21.3 Å². The van der Waals surface area contributed by atoms with Crippen LogP contribution in [0.25, 0.3) is 0 Å². The second-order valence-corrected chi connectivity index (χ2v) is 6.00. The smallest absolute Gasteiger partial charge is 0.123 e. The highest BCUT2D eigenvalue weighted by molar-refractivity contribution is 7.07. The molecule has 0 radical (unpaired) electrons. The zero-order chi connectivity index (χ0) is 13.1. The minimum Gasteiger partial charge on any atom is -0.488 e. The van der Waals surface area contributed by atoms with Crippen molar-refractivity contribution in [2.75, 3.05) is 13.1 Å². The fourth-order valence-electron chi connectivity index (χ4n) is 2.33. The Hall–Kier alpha value is -1.03. The Morgan fingerprint density at radius 1 is 1.37 bits per heavy atom. The van der Waals surface area contributed by atoms with Crippen LogP contribution in [0.3, 0.4) is 0 Å². The first-order valence-corrected chi connectivity index (χ1v) is 7.80. The van der Waals surface area contributed by atoms with Gasteiger partial charge < -0.3 is 10.1 Å². The SMILES string of the molecule is Clc1ccc2c(c1)CC(CNCCc1ccsc1)O2. The van der Waals surface area contributed by atoms with Crippen molar-refractivity contribution in [2.45, 2.75) is 18.9 Å². The van der Waals surface area contributed by atoms with E-state index >= 15 is 0 Å². The van der Waals surface area contributed by atoms with Gasteiger partial charge in [0, 0.05) is 18.0 Å². The number of hydrogen-bond acceptors (Lipinski definition) is 3. The summed E-state index contributed by atoms with van der Waals surface area (Å²) in [4.78, 5) is 0. The van der Waals surface area contributed by atoms with Crippen LogP contribution in [-0.4, -0.2) is 19.2 Å². The van der Waals surface area contributed by atoms with Crippen LogP contribution in [-0.2, 0) is 12.8 Å². The molecule has 100 valence electrons. The minimum atomic E-state index is 0.232. The number of hydrogen-bond donors (Lipinski definition) is 1. The normalized spacial score (nSPS) is 17.2. The van der Waals surface area contributed by atoms with Crippen LogP contribution in [0.15, 0.2) is 35.0 Å². The fraction of sp³-hybridized carbons (Fsp3) is 0.333. The largest absolute Gasteiger partial charge is 0.488 e. The van der Waals surface area contributed by atoms with E-state index in [4.69, 9.17) is 16.3 Å². The molecule has 4 heteroatoms. The maximum absolute atomic E-state index is 5.98. The molecule has 1 aromatic carbocycles. The first-order valence-electron chi connectivity index (χ1n) is 6.48. The monoisotopic (exact) mass is 293 g/mol. The number of fused-ring (bicyclic) bond motifs is 1. The van der Waals surface area contributed by atoms with E-state index in [0.29, 0.717) is 0 Å². The summed E-state index contributed by atoms with van der Waals surface area (Å²) in [5, 5.41) is 8.57. The van der Waals surface area contributed by atoms with Gasteiger partial charge in [0.25, 0.3) is 0 Å². The highest BCUT2D eigenvalue weighted by Crippen LogP contribution is 2.30. The summed E-state index contributed by atoms with van der Waals surface area (Å²) in [6.07, 6.45) is 2.26. The Balaban J connectivity index is 1.43. The van der Waals surface area contributed by atoms with Gasteiger partial charge in [0.05, 0.1) is 0 Å². The third kappa shape index (κ3) is 3.30. The maximum Gasteiger partial charge on any atom is 0.123 e. The van der Waals surface area contributed by atoms with E-state index in [2.05, 4.69) is 22.1 Å². The Bertz CT molecular complexity index is 541. The molecular weight excluding hydrogens is 278 g/mol. The molecule has 3 rings (SSSR count). The lowest BCUT2D eigenvalue weighted by atomic mass is 10.1. The summed E-state index contributed by atoms with van der Waals surface area (Å²) in [5.74, 6) is 0.981. The molecule has 2 nitrogen and oxygen atoms in total.